The quantitative estimate of drug-likeness (QED) is 0.424. The number of carbonyl (C=O) groups excluding carboxylic acids is 2. The zero-order valence-corrected chi connectivity index (χ0v) is 23.9. The molecule has 1 aliphatic rings. The van der Waals surface area contributed by atoms with Crippen LogP contribution in [0.4, 0.5) is 11.4 Å². The Labute approximate surface area is 235 Å². The number of nitrogens with zero attached hydrogens (tertiary/aromatic N) is 3. The second-order valence-electron chi connectivity index (χ2n) is 9.59. The molecular formula is C29H34N4O6S. The van der Waals surface area contributed by atoms with Gasteiger partial charge >= 0.3 is 0 Å². The van der Waals surface area contributed by atoms with Gasteiger partial charge in [-0.15, -0.1) is 0 Å². The van der Waals surface area contributed by atoms with Crippen LogP contribution in [0.3, 0.4) is 0 Å². The SMILES string of the molecule is COc1cccc(N(CC(=O)Nc2ccc(C(=O)N3CCN(C)CC3)cc2)S(=O)(=O)c2cc(C)ccc2OC)c1. The Morgan fingerprint density at radius 1 is 0.925 bits per heavy atom. The summed E-state index contributed by atoms with van der Waals surface area (Å²) in [6.07, 6.45) is 0. The van der Waals surface area contributed by atoms with Crippen LogP contribution in [0.25, 0.3) is 0 Å². The third kappa shape index (κ3) is 6.54. The number of sulfonamides is 1. The fourth-order valence-electron chi connectivity index (χ4n) is 4.40. The van der Waals surface area contributed by atoms with Crippen molar-refractivity contribution in [1.82, 2.24) is 9.80 Å². The van der Waals surface area contributed by atoms with E-state index in [9.17, 15) is 18.0 Å². The van der Waals surface area contributed by atoms with Crippen LogP contribution < -0.4 is 19.1 Å². The topological polar surface area (TPSA) is 108 Å². The third-order valence-electron chi connectivity index (χ3n) is 6.72. The summed E-state index contributed by atoms with van der Waals surface area (Å²) in [5, 5.41) is 2.75. The highest BCUT2D eigenvalue weighted by atomic mass is 32.2. The minimum Gasteiger partial charge on any atom is -0.497 e. The Balaban J connectivity index is 1.56. The monoisotopic (exact) mass is 566 g/mol. The number of aryl methyl sites for hydroxylation is 1. The molecule has 11 heteroatoms. The van der Waals surface area contributed by atoms with Crippen molar-refractivity contribution >= 4 is 33.2 Å². The molecule has 1 fully saturated rings. The standard InChI is InChI=1S/C29H34N4O6S/c1-21-8-13-26(39-4)27(18-21)40(36,37)33(24-6-5-7-25(19-24)38-3)20-28(34)30-23-11-9-22(10-12-23)29(35)32-16-14-31(2)15-17-32/h5-13,18-19H,14-17,20H2,1-4H3,(H,30,34). The molecule has 3 aromatic carbocycles. The fourth-order valence-corrected chi connectivity index (χ4v) is 6.06. The van der Waals surface area contributed by atoms with Crippen molar-refractivity contribution in [1.29, 1.82) is 0 Å². The molecule has 1 heterocycles. The lowest BCUT2D eigenvalue weighted by molar-refractivity contribution is -0.114. The molecule has 4 rings (SSSR count). The smallest absolute Gasteiger partial charge is 0.268 e. The highest BCUT2D eigenvalue weighted by Crippen LogP contribution is 2.32. The Kier molecular flexibility index (Phi) is 8.96. The molecule has 1 aliphatic heterocycles. The van der Waals surface area contributed by atoms with E-state index in [1.807, 2.05) is 11.9 Å². The van der Waals surface area contributed by atoms with Crippen molar-refractivity contribution in [2.24, 2.45) is 0 Å². The second-order valence-corrected chi connectivity index (χ2v) is 11.4. The number of carbonyl (C=O) groups is 2. The van der Waals surface area contributed by atoms with E-state index < -0.39 is 22.5 Å². The van der Waals surface area contributed by atoms with E-state index in [-0.39, 0.29) is 22.2 Å². The molecule has 0 spiro atoms. The molecule has 0 saturated carbocycles. The third-order valence-corrected chi connectivity index (χ3v) is 8.52. The Morgan fingerprint density at radius 3 is 2.27 bits per heavy atom. The lowest BCUT2D eigenvalue weighted by Gasteiger charge is -2.32. The molecular weight excluding hydrogens is 532 g/mol. The van der Waals surface area contributed by atoms with Crippen LogP contribution in [0.1, 0.15) is 15.9 Å². The number of benzene rings is 3. The number of nitrogens with one attached hydrogen (secondary N) is 1. The highest BCUT2D eigenvalue weighted by Gasteiger charge is 2.30. The van der Waals surface area contributed by atoms with Crippen molar-refractivity contribution in [3.05, 3.63) is 77.9 Å². The van der Waals surface area contributed by atoms with E-state index in [4.69, 9.17) is 9.47 Å². The normalized spacial score (nSPS) is 13.9. The van der Waals surface area contributed by atoms with Gasteiger partial charge in [0.2, 0.25) is 5.91 Å². The van der Waals surface area contributed by atoms with Crippen molar-refractivity contribution in [3.8, 4) is 11.5 Å². The van der Waals surface area contributed by atoms with E-state index >= 15 is 0 Å². The lowest BCUT2D eigenvalue weighted by atomic mass is 10.1. The molecule has 10 nitrogen and oxygen atoms in total. The average Bonchev–Trinajstić information content (AvgIpc) is 2.96. The zero-order chi connectivity index (χ0) is 28.9. The lowest BCUT2D eigenvalue weighted by Crippen LogP contribution is -2.47. The van der Waals surface area contributed by atoms with Crippen molar-refractivity contribution in [2.75, 3.05) is 63.6 Å². The van der Waals surface area contributed by atoms with E-state index in [0.717, 1.165) is 23.0 Å². The van der Waals surface area contributed by atoms with E-state index in [1.165, 1.54) is 20.3 Å². The summed E-state index contributed by atoms with van der Waals surface area (Å²) < 4.78 is 39.5. The number of hydrogen-bond donors (Lipinski definition) is 1. The zero-order valence-electron chi connectivity index (χ0n) is 23.1. The molecule has 0 radical (unpaired) electrons. The van der Waals surface area contributed by atoms with Crippen LogP contribution in [0.2, 0.25) is 0 Å². The molecule has 1 saturated heterocycles. The molecule has 3 aromatic rings. The van der Waals surface area contributed by atoms with E-state index in [1.54, 1.807) is 67.6 Å². The van der Waals surface area contributed by atoms with Crippen molar-refractivity contribution in [2.45, 2.75) is 11.8 Å². The van der Waals surface area contributed by atoms with Crippen LogP contribution in [0.15, 0.2) is 71.6 Å². The number of likely N-dealkylation sites (N-methyl/N-ethyl adjacent to an activating group) is 1. The predicted molar refractivity (Wildman–Crippen MR) is 154 cm³/mol. The maximum atomic E-state index is 13.9. The van der Waals surface area contributed by atoms with Gasteiger partial charge in [-0.3, -0.25) is 13.9 Å². The molecule has 0 aromatic heterocycles. The van der Waals surface area contributed by atoms with Crippen LogP contribution in [-0.2, 0) is 14.8 Å². The number of amides is 2. The van der Waals surface area contributed by atoms with Gasteiger partial charge in [0.15, 0.2) is 0 Å². The van der Waals surface area contributed by atoms with Gasteiger partial charge in [-0.1, -0.05) is 12.1 Å². The summed E-state index contributed by atoms with van der Waals surface area (Å²) in [5.41, 5.74) is 1.94. The number of hydrogen-bond acceptors (Lipinski definition) is 7. The molecule has 2 amide bonds. The molecule has 212 valence electrons. The second kappa shape index (κ2) is 12.4. The van der Waals surface area contributed by atoms with Gasteiger partial charge in [-0.05, 0) is 68.1 Å². The minimum atomic E-state index is -4.23. The first kappa shape index (κ1) is 28.9. The van der Waals surface area contributed by atoms with Crippen LogP contribution in [-0.4, -0.2) is 84.0 Å². The molecule has 0 unspecified atom stereocenters. The Morgan fingerprint density at radius 2 is 1.62 bits per heavy atom. The number of rotatable bonds is 9. The Hall–Kier alpha value is -4.09. The van der Waals surface area contributed by atoms with Crippen LogP contribution in [0, 0.1) is 6.92 Å². The first-order chi connectivity index (χ1) is 19.1. The Bertz CT molecular complexity index is 1470. The van der Waals surface area contributed by atoms with Gasteiger partial charge < -0.3 is 24.6 Å². The highest BCUT2D eigenvalue weighted by molar-refractivity contribution is 7.93. The van der Waals surface area contributed by atoms with Gasteiger partial charge in [0, 0.05) is 43.5 Å². The van der Waals surface area contributed by atoms with Gasteiger partial charge in [-0.25, -0.2) is 8.42 Å². The maximum Gasteiger partial charge on any atom is 0.268 e. The summed E-state index contributed by atoms with van der Waals surface area (Å²) in [6.45, 7) is 4.23. The molecule has 0 bridgehead atoms. The van der Waals surface area contributed by atoms with Gasteiger partial charge in [0.25, 0.3) is 15.9 Å². The largest absolute Gasteiger partial charge is 0.497 e. The van der Waals surface area contributed by atoms with E-state index in [2.05, 4.69) is 10.2 Å². The summed E-state index contributed by atoms with van der Waals surface area (Å²) in [6, 6.07) is 17.9. The van der Waals surface area contributed by atoms with Crippen molar-refractivity contribution in [3.63, 3.8) is 0 Å². The predicted octanol–water partition coefficient (Wildman–Crippen LogP) is 3.23. The summed E-state index contributed by atoms with van der Waals surface area (Å²) in [4.78, 5) is 30.0. The summed E-state index contributed by atoms with van der Waals surface area (Å²) in [5.74, 6) is -0.0148. The summed E-state index contributed by atoms with van der Waals surface area (Å²) in [7, 11) is 0.669. The van der Waals surface area contributed by atoms with Gasteiger partial charge in [0.1, 0.15) is 22.9 Å². The molecule has 0 atom stereocenters. The minimum absolute atomic E-state index is 0.0580. The maximum absolute atomic E-state index is 13.9. The summed E-state index contributed by atoms with van der Waals surface area (Å²) >= 11 is 0. The number of piperazine rings is 1. The van der Waals surface area contributed by atoms with Crippen molar-refractivity contribution < 1.29 is 27.5 Å². The van der Waals surface area contributed by atoms with Gasteiger partial charge in [0.05, 0.1) is 19.9 Å². The first-order valence-corrected chi connectivity index (χ1v) is 14.3. The fraction of sp³-hybridized carbons (Fsp3) is 0.310. The number of ether oxygens (including phenoxy) is 2. The first-order valence-electron chi connectivity index (χ1n) is 12.8. The molecule has 1 N–H and O–H groups in total. The van der Waals surface area contributed by atoms with Crippen LogP contribution >= 0.6 is 0 Å². The van der Waals surface area contributed by atoms with Crippen LogP contribution in [0.5, 0.6) is 11.5 Å². The van der Waals surface area contributed by atoms with E-state index in [0.29, 0.717) is 30.1 Å². The average molecular weight is 567 g/mol. The number of anilines is 2. The number of methoxy groups -OCH3 is 2. The van der Waals surface area contributed by atoms with Gasteiger partial charge in [-0.2, -0.15) is 0 Å². The molecule has 0 aliphatic carbocycles. The molecule has 40 heavy (non-hydrogen) atoms.